The van der Waals surface area contributed by atoms with E-state index in [0.717, 1.165) is 31.5 Å². The molecule has 21 heavy (non-hydrogen) atoms. The minimum Gasteiger partial charge on any atom is -0.342 e. The molecule has 0 unspecified atom stereocenters. The van der Waals surface area contributed by atoms with E-state index in [2.05, 4.69) is 0 Å². The number of piperidine rings is 1. The Morgan fingerprint density at radius 3 is 2.19 bits per heavy atom. The summed E-state index contributed by atoms with van der Waals surface area (Å²) in [6, 6.07) is 6.70. The monoisotopic (exact) mass is 309 g/mol. The van der Waals surface area contributed by atoms with E-state index in [1.54, 1.807) is 38.1 Å². The van der Waals surface area contributed by atoms with Crippen LogP contribution in [0, 0.1) is 0 Å². The summed E-state index contributed by atoms with van der Waals surface area (Å²) in [4.78, 5) is 14.4. The van der Waals surface area contributed by atoms with E-state index in [4.69, 9.17) is 0 Å². The predicted octanol–water partition coefficient (Wildman–Crippen LogP) is 2.42. The summed E-state index contributed by atoms with van der Waals surface area (Å²) in [7, 11) is -3.24. The lowest BCUT2D eigenvalue weighted by molar-refractivity contribution is -0.131. The molecule has 1 fully saturated rings. The van der Waals surface area contributed by atoms with Crippen LogP contribution in [-0.4, -0.2) is 37.6 Å². The van der Waals surface area contributed by atoms with Gasteiger partial charge in [-0.15, -0.1) is 0 Å². The van der Waals surface area contributed by atoms with Crippen LogP contribution in [0.4, 0.5) is 0 Å². The van der Waals surface area contributed by atoms with E-state index in [0.29, 0.717) is 11.3 Å². The first-order chi connectivity index (χ1) is 9.91. The summed E-state index contributed by atoms with van der Waals surface area (Å²) in [6.07, 6.45) is 3.71. The van der Waals surface area contributed by atoms with Crippen LogP contribution in [0.2, 0.25) is 0 Å². The van der Waals surface area contributed by atoms with E-state index in [1.807, 2.05) is 4.90 Å². The van der Waals surface area contributed by atoms with Gasteiger partial charge in [-0.2, -0.15) is 0 Å². The average molecular weight is 309 g/mol. The lowest BCUT2D eigenvalue weighted by Gasteiger charge is -2.26. The molecule has 0 bridgehead atoms. The Morgan fingerprint density at radius 2 is 1.67 bits per heavy atom. The van der Waals surface area contributed by atoms with Crippen molar-refractivity contribution < 1.29 is 13.2 Å². The van der Waals surface area contributed by atoms with Gasteiger partial charge in [0.2, 0.25) is 5.91 Å². The van der Waals surface area contributed by atoms with Gasteiger partial charge in [-0.25, -0.2) is 8.42 Å². The number of carbonyl (C=O) groups excluding carboxylic acids is 1. The Balaban J connectivity index is 2.04. The number of sulfone groups is 1. The fraction of sp³-hybridized carbons (Fsp3) is 0.562. The van der Waals surface area contributed by atoms with E-state index in [-0.39, 0.29) is 5.91 Å². The van der Waals surface area contributed by atoms with Gasteiger partial charge >= 0.3 is 0 Å². The third-order valence-corrected chi connectivity index (χ3v) is 6.11. The van der Waals surface area contributed by atoms with Crippen LogP contribution < -0.4 is 0 Å². The molecule has 116 valence electrons. The van der Waals surface area contributed by atoms with E-state index >= 15 is 0 Å². The maximum Gasteiger partial charge on any atom is 0.226 e. The van der Waals surface area contributed by atoms with Crippen LogP contribution in [0.1, 0.15) is 38.7 Å². The van der Waals surface area contributed by atoms with Gasteiger partial charge in [0, 0.05) is 13.1 Å². The highest BCUT2D eigenvalue weighted by Gasteiger charge is 2.20. The van der Waals surface area contributed by atoms with Crippen LogP contribution in [0.3, 0.4) is 0 Å². The number of carbonyl (C=O) groups is 1. The largest absolute Gasteiger partial charge is 0.342 e. The van der Waals surface area contributed by atoms with E-state index in [9.17, 15) is 13.2 Å². The number of nitrogens with zero attached hydrogens (tertiary/aromatic N) is 1. The van der Waals surface area contributed by atoms with Crippen molar-refractivity contribution in [2.24, 2.45) is 0 Å². The quantitative estimate of drug-likeness (QED) is 0.858. The van der Waals surface area contributed by atoms with Gasteiger partial charge < -0.3 is 4.90 Å². The minimum atomic E-state index is -3.24. The van der Waals surface area contributed by atoms with Gasteiger partial charge in [-0.1, -0.05) is 12.1 Å². The van der Waals surface area contributed by atoms with Crippen molar-refractivity contribution in [2.75, 3.05) is 13.1 Å². The third-order valence-electron chi connectivity index (χ3n) is 3.94. The molecule has 4 nitrogen and oxygen atoms in total. The Kier molecular flexibility index (Phi) is 5.04. The summed E-state index contributed by atoms with van der Waals surface area (Å²) < 4.78 is 24.1. The molecule has 1 aromatic carbocycles. The van der Waals surface area contributed by atoms with Crippen LogP contribution >= 0.6 is 0 Å². The second-order valence-corrected chi connectivity index (χ2v) is 8.36. The Morgan fingerprint density at radius 1 is 1.10 bits per heavy atom. The number of amides is 1. The summed E-state index contributed by atoms with van der Waals surface area (Å²) >= 11 is 0. The number of benzene rings is 1. The van der Waals surface area contributed by atoms with Crippen molar-refractivity contribution in [3.8, 4) is 0 Å². The van der Waals surface area contributed by atoms with Crippen molar-refractivity contribution in [1.29, 1.82) is 0 Å². The van der Waals surface area contributed by atoms with Crippen molar-refractivity contribution >= 4 is 15.7 Å². The first-order valence-electron chi connectivity index (χ1n) is 7.52. The molecule has 1 amide bonds. The molecule has 1 aromatic rings. The molecule has 0 radical (unpaired) electrons. The van der Waals surface area contributed by atoms with Gasteiger partial charge in [0.1, 0.15) is 0 Å². The first kappa shape index (κ1) is 16.0. The first-order valence-corrected chi connectivity index (χ1v) is 9.06. The Hall–Kier alpha value is -1.36. The van der Waals surface area contributed by atoms with Crippen LogP contribution in [-0.2, 0) is 21.1 Å². The normalized spacial score (nSPS) is 16.2. The second-order valence-electron chi connectivity index (χ2n) is 5.86. The summed E-state index contributed by atoms with van der Waals surface area (Å²) in [6.45, 7) is 5.03. The van der Waals surface area contributed by atoms with Crippen LogP contribution in [0.15, 0.2) is 29.2 Å². The molecule has 0 aromatic heterocycles. The number of rotatable bonds is 4. The smallest absolute Gasteiger partial charge is 0.226 e. The Bertz CT molecular complexity index is 584. The molecule has 2 rings (SSSR count). The van der Waals surface area contributed by atoms with E-state index < -0.39 is 15.1 Å². The molecular formula is C16H23NO3S. The van der Waals surface area contributed by atoms with Gasteiger partial charge in [0.05, 0.1) is 16.6 Å². The van der Waals surface area contributed by atoms with E-state index in [1.165, 1.54) is 6.42 Å². The molecule has 0 saturated carbocycles. The fourth-order valence-corrected chi connectivity index (χ4v) is 3.56. The highest BCUT2D eigenvalue weighted by molar-refractivity contribution is 7.92. The van der Waals surface area contributed by atoms with Gasteiger partial charge in [0.25, 0.3) is 0 Å². The van der Waals surface area contributed by atoms with Crippen molar-refractivity contribution in [2.45, 2.75) is 49.7 Å². The summed E-state index contributed by atoms with van der Waals surface area (Å²) in [5.41, 5.74) is 0.869. The topological polar surface area (TPSA) is 54.5 Å². The molecule has 1 aliphatic heterocycles. The summed E-state index contributed by atoms with van der Waals surface area (Å²) in [5, 5.41) is -0.432. The zero-order valence-electron chi connectivity index (χ0n) is 12.7. The van der Waals surface area contributed by atoms with Crippen molar-refractivity contribution in [1.82, 2.24) is 4.90 Å². The lowest BCUT2D eigenvalue weighted by atomic mass is 10.1. The number of likely N-dealkylation sites (tertiary alicyclic amines) is 1. The highest BCUT2D eigenvalue weighted by Crippen LogP contribution is 2.17. The molecule has 1 aliphatic rings. The summed E-state index contributed by atoms with van der Waals surface area (Å²) in [5.74, 6) is 0.133. The molecule has 1 saturated heterocycles. The molecule has 0 atom stereocenters. The fourth-order valence-electron chi connectivity index (χ4n) is 2.50. The zero-order chi connectivity index (χ0) is 15.5. The lowest BCUT2D eigenvalue weighted by Crippen LogP contribution is -2.36. The zero-order valence-corrected chi connectivity index (χ0v) is 13.5. The molecule has 0 aliphatic carbocycles. The van der Waals surface area contributed by atoms with Gasteiger partial charge in [0.15, 0.2) is 9.84 Å². The van der Waals surface area contributed by atoms with Crippen molar-refractivity contribution in [3.05, 3.63) is 29.8 Å². The number of hydrogen-bond acceptors (Lipinski definition) is 3. The molecule has 5 heteroatoms. The molecular weight excluding hydrogens is 286 g/mol. The average Bonchev–Trinajstić information content (AvgIpc) is 2.48. The molecule has 1 heterocycles. The Labute approximate surface area is 127 Å². The second kappa shape index (κ2) is 6.60. The highest BCUT2D eigenvalue weighted by atomic mass is 32.2. The standard InChI is InChI=1S/C16H23NO3S/c1-13(2)21(19,20)15-8-6-14(7-9-15)12-16(18)17-10-4-3-5-11-17/h6-9,13H,3-5,10-12H2,1-2H3. The van der Waals surface area contributed by atoms with Crippen molar-refractivity contribution in [3.63, 3.8) is 0 Å². The van der Waals surface area contributed by atoms with Crippen LogP contribution in [0.5, 0.6) is 0 Å². The number of hydrogen-bond donors (Lipinski definition) is 0. The molecule has 0 spiro atoms. The van der Waals surface area contributed by atoms with Gasteiger partial charge in [-0.3, -0.25) is 4.79 Å². The molecule has 0 N–H and O–H groups in total. The van der Waals surface area contributed by atoms with Gasteiger partial charge in [-0.05, 0) is 50.8 Å². The third kappa shape index (κ3) is 3.84. The van der Waals surface area contributed by atoms with Crippen LogP contribution in [0.25, 0.3) is 0 Å². The SMILES string of the molecule is CC(C)S(=O)(=O)c1ccc(CC(=O)N2CCCCC2)cc1. The maximum atomic E-state index is 12.2. The minimum absolute atomic E-state index is 0.133. The predicted molar refractivity (Wildman–Crippen MR) is 82.9 cm³/mol. The maximum absolute atomic E-state index is 12.2.